The number of benzene rings is 3. The Hall–Kier alpha value is -3.75. The highest BCUT2D eigenvalue weighted by atomic mass is 35.5. The minimum atomic E-state index is -1.03. The Kier molecular flexibility index (Phi) is 7.97. The summed E-state index contributed by atoms with van der Waals surface area (Å²) in [5.41, 5.74) is 2.34. The number of hydrogen-bond acceptors (Lipinski definition) is 6. The summed E-state index contributed by atoms with van der Waals surface area (Å²) in [6, 6.07) is 19.2. The van der Waals surface area contributed by atoms with Crippen molar-refractivity contribution in [3.8, 4) is 11.5 Å². The van der Waals surface area contributed by atoms with Crippen LogP contribution in [0.25, 0.3) is 6.08 Å². The third-order valence-corrected chi connectivity index (χ3v) is 6.57. The molecule has 1 N–H and O–H groups in total. The molecule has 3 aromatic carbocycles. The van der Waals surface area contributed by atoms with Crippen LogP contribution in [-0.4, -0.2) is 40.7 Å². The number of amidine groups is 1. The van der Waals surface area contributed by atoms with Gasteiger partial charge >= 0.3 is 5.97 Å². The Morgan fingerprint density at radius 1 is 1.11 bits per heavy atom. The lowest BCUT2D eigenvalue weighted by molar-refractivity contribution is -0.122. The number of carbonyl (C=O) groups is 2. The molecule has 184 valence electrons. The van der Waals surface area contributed by atoms with Crippen molar-refractivity contribution >= 4 is 52.2 Å². The molecule has 3 aromatic rings. The van der Waals surface area contributed by atoms with E-state index >= 15 is 0 Å². The van der Waals surface area contributed by atoms with Crippen LogP contribution in [0.2, 0.25) is 5.02 Å². The van der Waals surface area contributed by atoms with Gasteiger partial charge in [-0.2, -0.15) is 0 Å². The van der Waals surface area contributed by atoms with Crippen LogP contribution < -0.4 is 9.47 Å². The van der Waals surface area contributed by atoms with E-state index in [-0.39, 0.29) is 11.5 Å². The van der Waals surface area contributed by atoms with E-state index in [2.05, 4.69) is 4.99 Å². The molecule has 1 saturated heterocycles. The number of aliphatic imine (C=N–C) groups is 1. The van der Waals surface area contributed by atoms with Crippen molar-refractivity contribution in [1.82, 2.24) is 4.90 Å². The molecule has 0 radical (unpaired) electrons. The quantitative estimate of drug-likeness (QED) is 0.352. The van der Waals surface area contributed by atoms with Crippen LogP contribution in [0.3, 0.4) is 0 Å². The number of ether oxygens (including phenoxy) is 2. The molecule has 1 amide bonds. The Labute approximate surface area is 218 Å². The van der Waals surface area contributed by atoms with Gasteiger partial charge in [-0.05, 0) is 78.4 Å². The van der Waals surface area contributed by atoms with Crippen LogP contribution in [0, 0.1) is 0 Å². The number of halogens is 1. The normalized spacial score (nSPS) is 15.5. The van der Waals surface area contributed by atoms with Crippen LogP contribution in [0.1, 0.15) is 28.4 Å². The number of methoxy groups -OCH3 is 1. The highest BCUT2D eigenvalue weighted by molar-refractivity contribution is 8.18. The van der Waals surface area contributed by atoms with E-state index in [0.717, 1.165) is 11.1 Å². The molecule has 1 heterocycles. The number of aromatic carboxylic acids is 1. The molecule has 1 aliphatic heterocycles. The van der Waals surface area contributed by atoms with Gasteiger partial charge in [-0.25, -0.2) is 9.79 Å². The summed E-state index contributed by atoms with van der Waals surface area (Å²) in [5, 5.41) is 10.4. The molecule has 1 aliphatic rings. The van der Waals surface area contributed by atoms with Gasteiger partial charge in [-0.1, -0.05) is 35.9 Å². The van der Waals surface area contributed by atoms with E-state index < -0.39 is 5.97 Å². The van der Waals surface area contributed by atoms with E-state index in [4.69, 9.17) is 21.1 Å². The third-order valence-electron chi connectivity index (χ3n) is 5.32. The zero-order chi connectivity index (χ0) is 25.7. The maximum absolute atomic E-state index is 13.0. The highest BCUT2D eigenvalue weighted by Gasteiger charge is 2.32. The monoisotopic (exact) mass is 522 g/mol. The maximum atomic E-state index is 13.0. The molecular weight excluding hydrogens is 500 g/mol. The molecule has 0 atom stereocenters. The molecule has 4 rings (SSSR count). The number of rotatable bonds is 8. The van der Waals surface area contributed by atoms with Crippen LogP contribution in [0.5, 0.6) is 11.5 Å². The summed E-state index contributed by atoms with van der Waals surface area (Å²) in [6.45, 7) is 2.65. The molecule has 36 heavy (non-hydrogen) atoms. The van der Waals surface area contributed by atoms with Gasteiger partial charge in [0.15, 0.2) is 16.7 Å². The number of likely N-dealkylation sites (N-methyl/N-ethyl adjacent to an activating group) is 1. The summed E-state index contributed by atoms with van der Waals surface area (Å²) >= 11 is 7.17. The lowest BCUT2D eigenvalue weighted by atomic mass is 10.1. The predicted molar refractivity (Wildman–Crippen MR) is 142 cm³/mol. The lowest BCUT2D eigenvalue weighted by Crippen LogP contribution is -2.28. The number of amides is 1. The van der Waals surface area contributed by atoms with E-state index in [1.165, 1.54) is 23.9 Å². The average Bonchev–Trinajstić information content (AvgIpc) is 3.17. The first kappa shape index (κ1) is 25.3. The third kappa shape index (κ3) is 5.90. The van der Waals surface area contributed by atoms with Crippen LogP contribution in [0.15, 0.2) is 76.6 Å². The smallest absolute Gasteiger partial charge is 0.335 e. The van der Waals surface area contributed by atoms with Crippen molar-refractivity contribution in [2.45, 2.75) is 13.5 Å². The second kappa shape index (κ2) is 11.3. The first-order valence-corrected chi connectivity index (χ1v) is 12.3. The molecule has 0 unspecified atom stereocenters. The van der Waals surface area contributed by atoms with Crippen molar-refractivity contribution in [1.29, 1.82) is 0 Å². The number of thioether (sulfide) groups is 1. The van der Waals surface area contributed by atoms with Crippen molar-refractivity contribution in [3.63, 3.8) is 0 Å². The fourth-order valence-corrected chi connectivity index (χ4v) is 4.66. The Bertz CT molecular complexity index is 1350. The van der Waals surface area contributed by atoms with Crippen molar-refractivity contribution < 1.29 is 24.2 Å². The number of nitrogens with zero attached hydrogens (tertiary/aromatic N) is 2. The molecular formula is C27H23ClN2O5S. The molecule has 1 fully saturated rings. The summed E-state index contributed by atoms with van der Waals surface area (Å²) in [7, 11) is 1.56. The fourth-order valence-electron chi connectivity index (χ4n) is 3.48. The topological polar surface area (TPSA) is 88.4 Å². The van der Waals surface area contributed by atoms with Gasteiger partial charge in [0.25, 0.3) is 5.91 Å². The Morgan fingerprint density at radius 2 is 1.89 bits per heavy atom. The summed E-state index contributed by atoms with van der Waals surface area (Å²) in [6.07, 6.45) is 1.78. The van der Waals surface area contributed by atoms with Gasteiger partial charge in [-0.3, -0.25) is 9.69 Å². The molecule has 9 heteroatoms. The van der Waals surface area contributed by atoms with Crippen molar-refractivity contribution in [3.05, 3.63) is 93.3 Å². The summed E-state index contributed by atoms with van der Waals surface area (Å²) < 4.78 is 11.4. The highest BCUT2D eigenvalue weighted by Crippen LogP contribution is 2.36. The second-order valence-electron chi connectivity index (χ2n) is 7.74. The van der Waals surface area contributed by atoms with Gasteiger partial charge in [-0.15, -0.1) is 0 Å². The van der Waals surface area contributed by atoms with Crippen LogP contribution >= 0.6 is 23.4 Å². The van der Waals surface area contributed by atoms with Gasteiger partial charge < -0.3 is 14.6 Å². The standard InChI is InChI=1S/C27H23ClN2O5S/c1-3-30-25(31)24(36-27(30)29-21-6-4-5-19(15-21)26(32)33)14-18-9-12-22(23(13-18)34-2)35-16-17-7-10-20(28)11-8-17/h4-15H,3,16H2,1-2H3,(H,32,33). The number of hydrogen-bond donors (Lipinski definition) is 1. The molecule has 0 saturated carbocycles. The largest absolute Gasteiger partial charge is 0.493 e. The van der Waals surface area contributed by atoms with Gasteiger partial charge in [0.05, 0.1) is 23.3 Å². The minimum Gasteiger partial charge on any atom is -0.493 e. The zero-order valence-corrected chi connectivity index (χ0v) is 21.2. The second-order valence-corrected chi connectivity index (χ2v) is 9.18. The lowest BCUT2D eigenvalue weighted by Gasteiger charge is -2.12. The molecule has 0 aliphatic carbocycles. The fraction of sp³-hybridized carbons (Fsp3) is 0.148. The van der Waals surface area contributed by atoms with E-state index in [0.29, 0.717) is 45.4 Å². The maximum Gasteiger partial charge on any atom is 0.335 e. The van der Waals surface area contributed by atoms with Gasteiger partial charge in [0.1, 0.15) is 6.61 Å². The SMILES string of the molecule is CCN1C(=O)C(=Cc2ccc(OCc3ccc(Cl)cc3)c(OC)c2)SC1=Nc1cccc(C(=O)O)c1. The summed E-state index contributed by atoms with van der Waals surface area (Å²) in [4.78, 5) is 30.9. The van der Waals surface area contributed by atoms with Crippen LogP contribution in [-0.2, 0) is 11.4 Å². The summed E-state index contributed by atoms with van der Waals surface area (Å²) in [5.74, 6) is -0.0800. The van der Waals surface area contributed by atoms with E-state index in [1.54, 1.807) is 42.4 Å². The number of carboxylic acid groups (broad SMARTS) is 1. The van der Waals surface area contributed by atoms with Crippen molar-refractivity contribution in [2.75, 3.05) is 13.7 Å². The Morgan fingerprint density at radius 3 is 2.58 bits per heavy atom. The first-order valence-electron chi connectivity index (χ1n) is 11.1. The molecule has 0 bridgehead atoms. The van der Waals surface area contributed by atoms with Crippen molar-refractivity contribution in [2.24, 2.45) is 4.99 Å². The average molecular weight is 523 g/mol. The van der Waals surface area contributed by atoms with Gasteiger partial charge in [0, 0.05) is 11.6 Å². The number of carboxylic acids is 1. The van der Waals surface area contributed by atoms with E-state index in [1.807, 2.05) is 37.3 Å². The van der Waals surface area contributed by atoms with E-state index in [9.17, 15) is 14.7 Å². The molecule has 0 aromatic heterocycles. The first-order chi connectivity index (χ1) is 17.4. The zero-order valence-electron chi connectivity index (χ0n) is 19.6. The molecule has 0 spiro atoms. The minimum absolute atomic E-state index is 0.135. The Balaban J connectivity index is 1.55. The van der Waals surface area contributed by atoms with Crippen LogP contribution in [0.4, 0.5) is 5.69 Å². The van der Waals surface area contributed by atoms with Gasteiger partial charge in [0.2, 0.25) is 0 Å². The predicted octanol–water partition coefficient (Wildman–Crippen LogP) is 6.25. The molecule has 7 nitrogen and oxygen atoms in total. The number of carbonyl (C=O) groups excluding carboxylic acids is 1.